The quantitative estimate of drug-likeness (QED) is 0.609. The molecule has 3 heteroatoms. The van der Waals surface area contributed by atoms with E-state index in [4.69, 9.17) is 5.11 Å². The van der Waals surface area contributed by atoms with Gasteiger partial charge in [0.05, 0.1) is 6.61 Å². The first kappa shape index (κ1) is 13.3. The van der Waals surface area contributed by atoms with Crippen molar-refractivity contribution in [1.29, 1.82) is 0 Å². The number of aryl methyl sites for hydroxylation is 1. The maximum absolute atomic E-state index is 10.6. The Morgan fingerprint density at radius 3 is 2.88 bits per heavy atom. The van der Waals surface area contributed by atoms with E-state index >= 15 is 0 Å². The van der Waals surface area contributed by atoms with Crippen molar-refractivity contribution >= 4 is 5.91 Å². The molecule has 1 amide bonds. The molecule has 0 saturated heterocycles. The third-order valence-electron chi connectivity index (χ3n) is 2.33. The fourth-order valence-corrected chi connectivity index (χ4v) is 1.36. The molecule has 0 bridgehead atoms. The number of hydrogen-bond acceptors (Lipinski definition) is 2. The van der Waals surface area contributed by atoms with Gasteiger partial charge in [0, 0.05) is 25.5 Å². The second-order valence-corrected chi connectivity index (χ2v) is 3.84. The lowest BCUT2D eigenvalue weighted by atomic mass is 10.1. The molecule has 0 radical (unpaired) electrons. The molecule has 17 heavy (non-hydrogen) atoms. The molecule has 3 nitrogen and oxygen atoms in total. The second kappa shape index (κ2) is 6.72. The van der Waals surface area contributed by atoms with E-state index in [1.165, 1.54) is 6.92 Å². The van der Waals surface area contributed by atoms with Gasteiger partial charge in [0.25, 0.3) is 0 Å². The van der Waals surface area contributed by atoms with E-state index in [2.05, 4.69) is 17.2 Å². The second-order valence-electron chi connectivity index (χ2n) is 3.84. The smallest absolute Gasteiger partial charge is 0.216 e. The Bertz CT molecular complexity index is 455. The van der Waals surface area contributed by atoms with Crippen LogP contribution >= 0.6 is 0 Å². The van der Waals surface area contributed by atoms with Crippen molar-refractivity contribution in [2.45, 2.75) is 26.9 Å². The zero-order chi connectivity index (χ0) is 12.7. The van der Waals surface area contributed by atoms with Crippen molar-refractivity contribution < 1.29 is 9.90 Å². The molecular weight excluding hydrogens is 214 g/mol. The summed E-state index contributed by atoms with van der Waals surface area (Å²) in [5.74, 6) is 6.02. The number of hydrogen-bond donors (Lipinski definition) is 2. The number of aliphatic hydroxyl groups excluding tert-OH is 1. The average molecular weight is 231 g/mol. The van der Waals surface area contributed by atoms with Gasteiger partial charge in [-0.05, 0) is 24.1 Å². The number of rotatable bonds is 3. The third-order valence-corrected chi connectivity index (χ3v) is 2.33. The first-order valence-electron chi connectivity index (χ1n) is 5.57. The molecule has 0 aliphatic carbocycles. The van der Waals surface area contributed by atoms with E-state index in [-0.39, 0.29) is 12.5 Å². The zero-order valence-corrected chi connectivity index (χ0v) is 10.2. The molecule has 1 aromatic carbocycles. The molecule has 2 N–H and O–H groups in total. The van der Waals surface area contributed by atoms with Crippen LogP contribution in [0.1, 0.15) is 30.0 Å². The summed E-state index contributed by atoms with van der Waals surface area (Å²) >= 11 is 0. The summed E-state index contributed by atoms with van der Waals surface area (Å²) in [6.07, 6.45) is 0.627. The Morgan fingerprint density at radius 1 is 1.47 bits per heavy atom. The van der Waals surface area contributed by atoms with E-state index in [9.17, 15) is 4.79 Å². The normalized spacial score (nSPS) is 9.35. The third kappa shape index (κ3) is 4.71. The van der Waals surface area contributed by atoms with Crippen LogP contribution in [0.25, 0.3) is 0 Å². The van der Waals surface area contributed by atoms with Gasteiger partial charge in [-0.1, -0.05) is 24.0 Å². The van der Waals surface area contributed by atoms with E-state index in [1.54, 1.807) is 0 Å². The lowest BCUT2D eigenvalue weighted by Gasteiger charge is -2.01. The van der Waals surface area contributed by atoms with Gasteiger partial charge in [-0.15, -0.1) is 0 Å². The summed E-state index contributed by atoms with van der Waals surface area (Å²) in [4.78, 5) is 10.6. The summed E-state index contributed by atoms with van der Waals surface area (Å²) in [6, 6.07) is 5.72. The van der Waals surface area contributed by atoms with E-state index in [0.29, 0.717) is 13.0 Å². The standard InChI is InChI=1S/C14H17NO2/c1-11-6-7-13(10-16)9-14(11)5-3-4-8-15-12(2)17/h6-7,9,16H,4,8,10H2,1-2H3,(H,15,17). The van der Waals surface area contributed by atoms with Crippen LogP contribution in [0, 0.1) is 18.8 Å². The molecule has 0 aliphatic rings. The molecule has 0 saturated carbocycles. The van der Waals surface area contributed by atoms with Gasteiger partial charge in [0.15, 0.2) is 0 Å². The molecule has 0 aromatic heterocycles. The molecule has 0 atom stereocenters. The van der Waals surface area contributed by atoms with Gasteiger partial charge >= 0.3 is 0 Å². The van der Waals surface area contributed by atoms with Crippen LogP contribution in [0.2, 0.25) is 0 Å². The van der Waals surface area contributed by atoms with Crippen molar-refractivity contribution in [1.82, 2.24) is 5.32 Å². The van der Waals surface area contributed by atoms with Gasteiger partial charge in [-0.3, -0.25) is 4.79 Å². The highest BCUT2D eigenvalue weighted by Gasteiger charge is 1.96. The summed E-state index contributed by atoms with van der Waals surface area (Å²) in [7, 11) is 0. The maximum atomic E-state index is 10.6. The molecular formula is C14H17NO2. The molecule has 0 unspecified atom stereocenters. The molecule has 0 spiro atoms. The summed E-state index contributed by atoms with van der Waals surface area (Å²) in [5.41, 5.74) is 2.88. The van der Waals surface area contributed by atoms with Crippen LogP contribution in [0.3, 0.4) is 0 Å². The highest BCUT2D eigenvalue weighted by atomic mass is 16.3. The lowest BCUT2D eigenvalue weighted by Crippen LogP contribution is -2.20. The fraction of sp³-hybridized carbons (Fsp3) is 0.357. The van der Waals surface area contributed by atoms with Crippen molar-refractivity contribution in [3.05, 3.63) is 34.9 Å². The molecule has 0 fully saturated rings. The van der Waals surface area contributed by atoms with Crippen LogP contribution in [-0.2, 0) is 11.4 Å². The maximum Gasteiger partial charge on any atom is 0.216 e. The van der Waals surface area contributed by atoms with Crippen molar-refractivity contribution in [2.75, 3.05) is 6.54 Å². The van der Waals surface area contributed by atoms with Crippen molar-refractivity contribution in [3.8, 4) is 11.8 Å². The van der Waals surface area contributed by atoms with Crippen LogP contribution in [-0.4, -0.2) is 17.6 Å². The zero-order valence-electron chi connectivity index (χ0n) is 10.2. The fourth-order valence-electron chi connectivity index (χ4n) is 1.36. The van der Waals surface area contributed by atoms with Gasteiger partial charge in [0.2, 0.25) is 5.91 Å². The predicted molar refractivity (Wildman–Crippen MR) is 67.3 cm³/mol. The van der Waals surface area contributed by atoms with Crippen LogP contribution in [0.5, 0.6) is 0 Å². The number of amides is 1. The Hall–Kier alpha value is -1.79. The number of nitrogens with one attached hydrogen (secondary N) is 1. The monoisotopic (exact) mass is 231 g/mol. The number of aliphatic hydroxyl groups is 1. The first-order chi connectivity index (χ1) is 8.13. The SMILES string of the molecule is CC(=O)NCCC#Cc1cc(CO)ccc1C. The summed E-state index contributed by atoms with van der Waals surface area (Å²) in [5, 5.41) is 11.7. The molecule has 1 rings (SSSR count). The number of carbonyl (C=O) groups excluding carboxylic acids is 1. The Kier molecular flexibility index (Phi) is 5.25. The number of carbonyl (C=O) groups is 1. The van der Waals surface area contributed by atoms with Crippen molar-refractivity contribution in [3.63, 3.8) is 0 Å². The van der Waals surface area contributed by atoms with Crippen LogP contribution in [0.15, 0.2) is 18.2 Å². The highest BCUT2D eigenvalue weighted by Crippen LogP contribution is 2.09. The predicted octanol–water partition coefficient (Wildman–Crippen LogP) is 1.37. The van der Waals surface area contributed by atoms with Crippen molar-refractivity contribution in [2.24, 2.45) is 0 Å². The topological polar surface area (TPSA) is 49.3 Å². The minimum Gasteiger partial charge on any atom is -0.392 e. The molecule has 90 valence electrons. The lowest BCUT2D eigenvalue weighted by molar-refractivity contribution is -0.118. The molecule has 0 heterocycles. The Balaban J connectivity index is 2.61. The highest BCUT2D eigenvalue weighted by molar-refractivity contribution is 5.72. The molecule has 1 aromatic rings. The van der Waals surface area contributed by atoms with Crippen LogP contribution in [0.4, 0.5) is 0 Å². The van der Waals surface area contributed by atoms with Gasteiger partial charge in [-0.2, -0.15) is 0 Å². The van der Waals surface area contributed by atoms with Gasteiger partial charge in [-0.25, -0.2) is 0 Å². The van der Waals surface area contributed by atoms with Gasteiger partial charge < -0.3 is 10.4 Å². The van der Waals surface area contributed by atoms with Crippen LogP contribution < -0.4 is 5.32 Å². The van der Waals surface area contributed by atoms with E-state index in [1.807, 2.05) is 25.1 Å². The first-order valence-corrected chi connectivity index (χ1v) is 5.57. The average Bonchev–Trinajstić information content (AvgIpc) is 2.30. The summed E-state index contributed by atoms with van der Waals surface area (Å²) in [6.45, 7) is 4.07. The molecule has 0 aliphatic heterocycles. The minimum absolute atomic E-state index is 0.0286. The van der Waals surface area contributed by atoms with E-state index in [0.717, 1.165) is 16.7 Å². The van der Waals surface area contributed by atoms with Gasteiger partial charge in [0.1, 0.15) is 0 Å². The number of benzene rings is 1. The Labute approximate surface area is 102 Å². The summed E-state index contributed by atoms with van der Waals surface area (Å²) < 4.78 is 0. The van der Waals surface area contributed by atoms with E-state index < -0.39 is 0 Å². The Morgan fingerprint density at radius 2 is 2.24 bits per heavy atom. The minimum atomic E-state index is -0.0368. The largest absolute Gasteiger partial charge is 0.392 e.